The van der Waals surface area contributed by atoms with E-state index in [2.05, 4.69) is 57.7 Å². The summed E-state index contributed by atoms with van der Waals surface area (Å²) in [6.45, 7) is 5.97. The zero-order valence-electron chi connectivity index (χ0n) is 14.3. The van der Waals surface area contributed by atoms with Crippen molar-refractivity contribution in [3.05, 3.63) is 47.0 Å². The van der Waals surface area contributed by atoms with Crippen LogP contribution >= 0.6 is 11.6 Å². The van der Waals surface area contributed by atoms with Gasteiger partial charge in [0.15, 0.2) is 0 Å². The molecule has 0 aliphatic carbocycles. The first-order chi connectivity index (χ1) is 11.7. The summed E-state index contributed by atoms with van der Waals surface area (Å²) in [5.41, 5.74) is 2.58. The Morgan fingerprint density at radius 3 is 2.67 bits per heavy atom. The molecular formula is C20H26ClN3. The second-order valence-electron chi connectivity index (χ2n) is 6.63. The van der Waals surface area contributed by atoms with Crippen molar-refractivity contribution < 1.29 is 0 Å². The molecule has 0 amide bonds. The molecule has 3 nitrogen and oxygen atoms in total. The van der Waals surface area contributed by atoms with Crippen molar-refractivity contribution in [1.29, 1.82) is 0 Å². The van der Waals surface area contributed by atoms with Gasteiger partial charge in [-0.25, -0.2) is 0 Å². The number of hydrogen-bond donors (Lipinski definition) is 1. The summed E-state index contributed by atoms with van der Waals surface area (Å²) in [5.74, 6) is 0.730. The molecule has 1 aromatic rings. The van der Waals surface area contributed by atoms with Crippen LogP contribution in [-0.2, 0) is 0 Å². The van der Waals surface area contributed by atoms with E-state index in [4.69, 9.17) is 11.6 Å². The second-order valence-corrected chi connectivity index (χ2v) is 7.22. The number of nitrogens with zero attached hydrogens (tertiary/aromatic N) is 2. The third-order valence-electron chi connectivity index (χ3n) is 4.75. The van der Waals surface area contributed by atoms with Crippen LogP contribution in [0.1, 0.15) is 25.3 Å². The Bertz CT molecular complexity index is 608. The Kier molecular flexibility index (Phi) is 5.97. The van der Waals surface area contributed by atoms with E-state index in [9.17, 15) is 0 Å². The summed E-state index contributed by atoms with van der Waals surface area (Å²) in [6.07, 6.45) is 11.1. The molecule has 1 aromatic carbocycles. The van der Waals surface area contributed by atoms with E-state index in [1.165, 1.54) is 37.2 Å². The van der Waals surface area contributed by atoms with Crippen LogP contribution in [-0.4, -0.2) is 32.5 Å². The lowest BCUT2D eigenvalue weighted by Gasteiger charge is -2.19. The fourth-order valence-electron chi connectivity index (χ4n) is 3.40. The number of anilines is 1. The molecule has 0 radical (unpaired) electrons. The Labute approximate surface area is 150 Å². The van der Waals surface area contributed by atoms with Gasteiger partial charge in [-0.15, -0.1) is 0 Å². The van der Waals surface area contributed by atoms with Crippen molar-refractivity contribution in [3.8, 4) is 0 Å². The Morgan fingerprint density at radius 1 is 1.21 bits per heavy atom. The molecule has 2 atom stereocenters. The maximum atomic E-state index is 6.09. The zero-order chi connectivity index (χ0) is 16.8. The minimum atomic E-state index is 0.342. The van der Waals surface area contributed by atoms with Gasteiger partial charge in [-0.3, -0.25) is 4.99 Å². The molecule has 4 heteroatoms. The number of nitrogens with one attached hydrogen (secondary N) is 1. The van der Waals surface area contributed by atoms with Crippen LogP contribution in [0.2, 0.25) is 0 Å². The molecule has 3 rings (SSSR count). The normalized spacial score (nSPS) is 25.1. The van der Waals surface area contributed by atoms with Crippen LogP contribution in [0.4, 0.5) is 5.69 Å². The van der Waals surface area contributed by atoms with Crippen molar-refractivity contribution in [2.24, 2.45) is 16.8 Å². The molecule has 2 unspecified atom stereocenters. The first-order valence-electron chi connectivity index (χ1n) is 8.81. The topological polar surface area (TPSA) is 27.6 Å². The van der Waals surface area contributed by atoms with Crippen LogP contribution in [0.25, 0.3) is 6.08 Å². The van der Waals surface area contributed by atoms with Crippen molar-refractivity contribution in [3.63, 3.8) is 0 Å². The van der Waals surface area contributed by atoms with Gasteiger partial charge < -0.3 is 10.2 Å². The fourth-order valence-corrected chi connectivity index (χ4v) is 3.56. The fraction of sp³-hybridized carbons (Fsp3) is 0.450. The van der Waals surface area contributed by atoms with Crippen molar-refractivity contribution >= 4 is 29.7 Å². The predicted octanol–water partition coefficient (Wildman–Crippen LogP) is 4.31. The quantitative estimate of drug-likeness (QED) is 0.882. The van der Waals surface area contributed by atoms with E-state index in [0.29, 0.717) is 11.8 Å². The molecule has 0 saturated carbocycles. The first-order valence-corrected chi connectivity index (χ1v) is 9.19. The highest BCUT2D eigenvalue weighted by Crippen LogP contribution is 2.23. The predicted molar refractivity (Wildman–Crippen MR) is 105 cm³/mol. The zero-order valence-corrected chi connectivity index (χ0v) is 15.0. The van der Waals surface area contributed by atoms with E-state index in [0.717, 1.165) is 18.1 Å². The Morgan fingerprint density at radius 2 is 1.96 bits per heavy atom. The third-order valence-corrected chi connectivity index (χ3v) is 4.87. The van der Waals surface area contributed by atoms with Crippen LogP contribution < -0.4 is 10.2 Å². The van der Waals surface area contributed by atoms with Gasteiger partial charge in [-0.05, 0) is 37.5 Å². The SMILES string of the molecule is C/C(Cl)=C\C1CN=CNCC1/C=C/c1ccc(N2CCCC2)cc1. The molecule has 24 heavy (non-hydrogen) atoms. The van der Waals surface area contributed by atoms with Gasteiger partial charge in [0.25, 0.3) is 0 Å². The third kappa shape index (κ3) is 4.64. The number of halogens is 1. The van der Waals surface area contributed by atoms with Gasteiger partial charge in [-0.1, -0.05) is 42.0 Å². The van der Waals surface area contributed by atoms with Crippen LogP contribution in [0, 0.1) is 11.8 Å². The highest BCUT2D eigenvalue weighted by Gasteiger charge is 2.18. The van der Waals surface area contributed by atoms with Crippen LogP contribution in [0.3, 0.4) is 0 Å². The van der Waals surface area contributed by atoms with Crippen LogP contribution in [0.15, 0.2) is 46.4 Å². The van der Waals surface area contributed by atoms with E-state index >= 15 is 0 Å². The largest absolute Gasteiger partial charge is 0.376 e. The van der Waals surface area contributed by atoms with Crippen molar-refractivity contribution in [1.82, 2.24) is 5.32 Å². The molecule has 2 aliphatic heterocycles. The number of allylic oxidation sites excluding steroid dienone is 1. The first kappa shape index (κ1) is 17.1. The summed E-state index contributed by atoms with van der Waals surface area (Å²) >= 11 is 6.09. The lowest BCUT2D eigenvalue weighted by Crippen LogP contribution is -2.23. The molecule has 0 bridgehead atoms. The molecule has 1 saturated heterocycles. The average molecular weight is 344 g/mol. The Balaban J connectivity index is 1.67. The van der Waals surface area contributed by atoms with Gasteiger partial charge in [0.05, 0.1) is 6.34 Å². The highest BCUT2D eigenvalue weighted by molar-refractivity contribution is 6.29. The van der Waals surface area contributed by atoms with E-state index in [-0.39, 0.29) is 0 Å². The van der Waals surface area contributed by atoms with Crippen molar-refractivity contribution in [2.75, 3.05) is 31.1 Å². The molecule has 0 spiro atoms. The second kappa shape index (κ2) is 8.39. The molecule has 2 heterocycles. The number of aliphatic imine (C=N–C) groups is 1. The lowest BCUT2D eigenvalue weighted by atomic mass is 9.91. The average Bonchev–Trinajstić information content (AvgIpc) is 3.02. The van der Waals surface area contributed by atoms with Gasteiger partial charge in [0.2, 0.25) is 0 Å². The maximum Gasteiger partial charge on any atom is 0.0824 e. The van der Waals surface area contributed by atoms with Crippen LogP contribution in [0.5, 0.6) is 0 Å². The number of rotatable bonds is 4. The van der Waals surface area contributed by atoms with Crippen molar-refractivity contribution in [2.45, 2.75) is 19.8 Å². The van der Waals surface area contributed by atoms with Gasteiger partial charge in [0, 0.05) is 48.7 Å². The Hall–Kier alpha value is -1.74. The monoisotopic (exact) mass is 343 g/mol. The molecule has 0 aromatic heterocycles. The molecule has 1 fully saturated rings. The molecule has 1 N–H and O–H groups in total. The maximum absolute atomic E-state index is 6.09. The molecular weight excluding hydrogens is 318 g/mol. The summed E-state index contributed by atoms with van der Waals surface area (Å²) in [6, 6.07) is 8.89. The summed E-state index contributed by atoms with van der Waals surface area (Å²) in [4.78, 5) is 6.85. The summed E-state index contributed by atoms with van der Waals surface area (Å²) in [7, 11) is 0. The summed E-state index contributed by atoms with van der Waals surface area (Å²) < 4.78 is 0. The minimum absolute atomic E-state index is 0.342. The molecule has 2 aliphatic rings. The van der Waals surface area contributed by atoms with Gasteiger partial charge in [0.1, 0.15) is 0 Å². The van der Waals surface area contributed by atoms with Gasteiger partial charge in [-0.2, -0.15) is 0 Å². The van der Waals surface area contributed by atoms with Gasteiger partial charge >= 0.3 is 0 Å². The van der Waals surface area contributed by atoms with E-state index in [1.807, 2.05) is 13.3 Å². The van der Waals surface area contributed by atoms with E-state index in [1.54, 1.807) is 0 Å². The lowest BCUT2D eigenvalue weighted by molar-refractivity contribution is 0.492. The number of hydrogen-bond acceptors (Lipinski definition) is 3. The highest BCUT2D eigenvalue weighted by atomic mass is 35.5. The standard InChI is InChI=1S/C20H26ClN3/c1-16(21)12-19-14-23-15-22-13-18(19)7-4-17-5-8-20(9-6-17)24-10-2-3-11-24/h4-9,12,15,18-19H,2-3,10-11,13-14H2,1H3,(H,22,23)/b7-4+,16-12+. The number of benzene rings is 1. The smallest absolute Gasteiger partial charge is 0.0824 e. The molecule has 128 valence electrons. The minimum Gasteiger partial charge on any atom is -0.376 e. The van der Waals surface area contributed by atoms with E-state index < -0.39 is 0 Å². The summed E-state index contributed by atoms with van der Waals surface area (Å²) in [5, 5.41) is 4.10.